The number of H-pyrrole nitrogens is 1. The molecule has 7 heteroatoms. The van der Waals surface area contributed by atoms with Gasteiger partial charge in [0.05, 0.1) is 16.3 Å². The number of thioether (sulfide) groups is 1. The largest absolute Gasteiger partial charge is 0.309 e. The number of aromatic nitrogens is 4. The molecule has 0 saturated carbocycles. The number of benzene rings is 1. The Morgan fingerprint density at radius 1 is 1.07 bits per heavy atom. The van der Waals surface area contributed by atoms with Gasteiger partial charge < -0.3 is 4.98 Å². The van der Waals surface area contributed by atoms with Crippen LogP contribution in [0, 0.1) is 20.8 Å². The molecule has 5 nitrogen and oxygen atoms in total. The van der Waals surface area contributed by atoms with Crippen molar-refractivity contribution in [2.75, 3.05) is 0 Å². The van der Waals surface area contributed by atoms with Gasteiger partial charge in [-0.1, -0.05) is 42.1 Å². The van der Waals surface area contributed by atoms with Gasteiger partial charge >= 0.3 is 0 Å². The first-order chi connectivity index (χ1) is 13.4. The van der Waals surface area contributed by atoms with E-state index in [1.54, 1.807) is 11.3 Å². The minimum atomic E-state index is -0.0792. The van der Waals surface area contributed by atoms with E-state index in [0.717, 1.165) is 32.2 Å². The summed E-state index contributed by atoms with van der Waals surface area (Å²) in [6.45, 7) is 7.96. The maximum absolute atomic E-state index is 12.6. The standard InChI is InChI=1S/C21H20N4OS2/c1-11-10-16(15-8-6-5-7-9-15)23-21(22-11)28-14(4)18-24-19(26)17-12(2)13(3)27-20(17)25-18/h5-10,14H,1-4H3,(H,24,25,26)/t14-/m1/s1. The van der Waals surface area contributed by atoms with Gasteiger partial charge in [0.1, 0.15) is 10.7 Å². The van der Waals surface area contributed by atoms with Crippen molar-refractivity contribution in [2.24, 2.45) is 0 Å². The highest BCUT2D eigenvalue weighted by molar-refractivity contribution is 7.99. The molecule has 0 unspecified atom stereocenters. The van der Waals surface area contributed by atoms with Crippen LogP contribution in [0.5, 0.6) is 0 Å². The monoisotopic (exact) mass is 408 g/mol. The van der Waals surface area contributed by atoms with Gasteiger partial charge in [-0.15, -0.1) is 11.3 Å². The van der Waals surface area contributed by atoms with Crippen molar-refractivity contribution in [3.8, 4) is 11.3 Å². The zero-order chi connectivity index (χ0) is 19.8. The summed E-state index contributed by atoms with van der Waals surface area (Å²) in [5.41, 5.74) is 3.79. The van der Waals surface area contributed by atoms with Crippen LogP contribution in [0.3, 0.4) is 0 Å². The van der Waals surface area contributed by atoms with E-state index in [9.17, 15) is 4.79 Å². The van der Waals surface area contributed by atoms with Gasteiger partial charge in [-0.25, -0.2) is 15.0 Å². The molecule has 0 aliphatic carbocycles. The molecule has 0 aliphatic heterocycles. The topological polar surface area (TPSA) is 71.5 Å². The lowest BCUT2D eigenvalue weighted by Gasteiger charge is -2.11. The highest BCUT2D eigenvalue weighted by Crippen LogP contribution is 2.33. The molecular formula is C21H20N4OS2. The first kappa shape index (κ1) is 18.8. The van der Waals surface area contributed by atoms with Gasteiger partial charge in [0, 0.05) is 16.1 Å². The third-order valence-electron chi connectivity index (χ3n) is 4.63. The molecule has 3 heterocycles. The van der Waals surface area contributed by atoms with Gasteiger partial charge in [-0.3, -0.25) is 4.79 Å². The maximum atomic E-state index is 12.6. The molecule has 1 atom stereocenters. The Morgan fingerprint density at radius 2 is 1.82 bits per heavy atom. The second-order valence-corrected chi connectivity index (χ2v) is 9.23. The summed E-state index contributed by atoms with van der Waals surface area (Å²) in [5.74, 6) is 0.648. The van der Waals surface area contributed by atoms with E-state index in [1.165, 1.54) is 11.8 Å². The molecule has 142 valence electrons. The SMILES string of the molecule is Cc1cc(-c2ccccc2)nc(S[C@H](C)c2nc3sc(C)c(C)c3c(=O)[nH]2)n1. The van der Waals surface area contributed by atoms with Gasteiger partial charge in [-0.05, 0) is 39.3 Å². The fourth-order valence-corrected chi connectivity index (χ4v) is 4.95. The minimum absolute atomic E-state index is 0.0785. The number of rotatable bonds is 4. The van der Waals surface area contributed by atoms with E-state index in [2.05, 4.69) is 9.97 Å². The zero-order valence-electron chi connectivity index (χ0n) is 16.1. The third-order valence-corrected chi connectivity index (χ3v) is 6.70. The van der Waals surface area contributed by atoms with E-state index in [-0.39, 0.29) is 10.8 Å². The van der Waals surface area contributed by atoms with Crippen LogP contribution in [0.4, 0.5) is 0 Å². The zero-order valence-corrected chi connectivity index (χ0v) is 17.7. The van der Waals surface area contributed by atoms with Gasteiger partial charge in [-0.2, -0.15) is 0 Å². The number of aromatic amines is 1. The quantitative estimate of drug-likeness (QED) is 0.370. The minimum Gasteiger partial charge on any atom is -0.309 e. The fourth-order valence-electron chi connectivity index (χ4n) is 3.03. The molecule has 0 spiro atoms. The van der Waals surface area contributed by atoms with Crippen molar-refractivity contribution >= 4 is 33.3 Å². The van der Waals surface area contributed by atoms with Crippen molar-refractivity contribution in [2.45, 2.75) is 38.1 Å². The normalized spacial score (nSPS) is 12.4. The summed E-state index contributed by atoms with van der Waals surface area (Å²) < 4.78 is 0. The average Bonchev–Trinajstić information content (AvgIpc) is 2.96. The molecular weight excluding hydrogens is 388 g/mol. The van der Waals surface area contributed by atoms with E-state index >= 15 is 0 Å². The van der Waals surface area contributed by atoms with Gasteiger partial charge in [0.15, 0.2) is 5.16 Å². The second kappa shape index (κ2) is 7.48. The Labute approximate surface area is 171 Å². The lowest BCUT2D eigenvalue weighted by atomic mass is 10.1. The Bertz CT molecular complexity index is 1210. The van der Waals surface area contributed by atoms with Crippen LogP contribution in [-0.4, -0.2) is 19.9 Å². The molecule has 3 aromatic heterocycles. The van der Waals surface area contributed by atoms with Gasteiger partial charge in [0.2, 0.25) is 0 Å². The van der Waals surface area contributed by atoms with Crippen LogP contribution >= 0.6 is 23.1 Å². The van der Waals surface area contributed by atoms with Crippen LogP contribution in [-0.2, 0) is 0 Å². The first-order valence-corrected chi connectivity index (χ1v) is 10.7. The Balaban J connectivity index is 1.67. The van der Waals surface area contributed by atoms with Crippen LogP contribution in [0.1, 0.15) is 34.1 Å². The molecule has 0 aliphatic rings. The molecule has 4 rings (SSSR count). The van der Waals surface area contributed by atoms with E-state index in [1.807, 2.05) is 64.1 Å². The number of hydrogen-bond acceptors (Lipinski definition) is 6. The van der Waals surface area contributed by atoms with Crippen molar-refractivity contribution in [3.63, 3.8) is 0 Å². The first-order valence-electron chi connectivity index (χ1n) is 9.00. The number of aryl methyl sites for hydroxylation is 3. The smallest absolute Gasteiger partial charge is 0.259 e. The van der Waals surface area contributed by atoms with Gasteiger partial charge in [0.25, 0.3) is 5.56 Å². The molecule has 1 N–H and O–H groups in total. The Kier molecular flexibility index (Phi) is 5.03. The number of fused-ring (bicyclic) bond motifs is 1. The summed E-state index contributed by atoms with van der Waals surface area (Å²) in [7, 11) is 0. The highest BCUT2D eigenvalue weighted by Gasteiger charge is 2.17. The number of hydrogen-bond donors (Lipinski definition) is 1. The molecule has 0 saturated heterocycles. The molecule has 28 heavy (non-hydrogen) atoms. The molecule has 4 aromatic rings. The summed E-state index contributed by atoms with van der Waals surface area (Å²) in [4.78, 5) is 31.4. The van der Waals surface area contributed by atoms with E-state index in [4.69, 9.17) is 9.97 Å². The number of thiophene rings is 1. The fraction of sp³-hybridized carbons (Fsp3) is 0.238. The summed E-state index contributed by atoms with van der Waals surface area (Å²) in [5, 5.41) is 1.29. The Hall–Kier alpha value is -2.51. The lowest BCUT2D eigenvalue weighted by molar-refractivity contribution is 0.893. The number of nitrogens with one attached hydrogen (secondary N) is 1. The Morgan fingerprint density at radius 3 is 2.57 bits per heavy atom. The highest BCUT2D eigenvalue weighted by atomic mass is 32.2. The van der Waals surface area contributed by atoms with Crippen molar-refractivity contribution in [1.82, 2.24) is 19.9 Å². The second-order valence-electron chi connectivity index (χ2n) is 6.72. The van der Waals surface area contributed by atoms with E-state index in [0.29, 0.717) is 16.4 Å². The third kappa shape index (κ3) is 3.59. The predicted octanol–water partition coefficient (Wildman–Crippen LogP) is 5.22. The lowest BCUT2D eigenvalue weighted by Crippen LogP contribution is -2.12. The molecule has 0 bridgehead atoms. The maximum Gasteiger partial charge on any atom is 0.259 e. The molecule has 0 radical (unpaired) electrons. The van der Waals surface area contributed by atoms with Crippen LogP contribution in [0.2, 0.25) is 0 Å². The molecule has 1 aromatic carbocycles. The average molecular weight is 409 g/mol. The van der Waals surface area contributed by atoms with Crippen molar-refractivity contribution in [3.05, 3.63) is 68.7 Å². The summed E-state index contributed by atoms with van der Waals surface area (Å²) >= 11 is 3.06. The predicted molar refractivity (Wildman–Crippen MR) is 116 cm³/mol. The van der Waals surface area contributed by atoms with E-state index < -0.39 is 0 Å². The van der Waals surface area contributed by atoms with Crippen LogP contribution in [0.15, 0.2) is 46.3 Å². The van der Waals surface area contributed by atoms with Crippen LogP contribution < -0.4 is 5.56 Å². The van der Waals surface area contributed by atoms with Crippen molar-refractivity contribution < 1.29 is 0 Å². The number of nitrogens with zero attached hydrogens (tertiary/aromatic N) is 3. The summed E-state index contributed by atoms with van der Waals surface area (Å²) in [6.07, 6.45) is 0. The molecule has 0 fully saturated rings. The summed E-state index contributed by atoms with van der Waals surface area (Å²) in [6, 6.07) is 12.0. The molecule has 0 amide bonds. The van der Waals surface area contributed by atoms with Crippen molar-refractivity contribution in [1.29, 1.82) is 0 Å². The van der Waals surface area contributed by atoms with Crippen LogP contribution in [0.25, 0.3) is 21.5 Å².